The molecule has 1 fully saturated rings. The number of epoxide rings is 1. The number of hydrogen-bond acceptors (Lipinski definition) is 2. The van der Waals surface area contributed by atoms with Gasteiger partial charge in [0.2, 0.25) is 0 Å². The minimum atomic E-state index is 0.326. The Morgan fingerprint density at radius 1 is 1.31 bits per heavy atom. The van der Waals surface area contributed by atoms with Crippen LogP contribution in [0.2, 0.25) is 0 Å². The average Bonchev–Trinajstić information content (AvgIpc) is 2.95. The molecule has 16 heavy (non-hydrogen) atoms. The van der Waals surface area contributed by atoms with Crippen LogP contribution in [-0.4, -0.2) is 12.2 Å². The highest BCUT2D eigenvalue weighted by Gasteiger charge is 2.37. The first kappa shape index (κ1) is 11.7. The Labute approximate surface area is 102 Å². The van der Waals surface area contributed by atoms with E-state index in [2.05, 4.69) is 51.1 Å². The largest absolute Gasteiger partial charge is 0.364 e. The van der Waals surface area contributed by atoms with Crippen LogP contribution < -0.4 is 0 Å². The standard InChI is InChI=1S/C14H18OS/c1-10(2)9-13(14-11(3)15-14)16-12-7-5-4-6-8-12/h4-11,14H,1-3H3/b13-9+/t11-,14+/m0/s1. The van der Waals surface area contributed by atoms with Gasteiger partial charge in [0.05, 0.1) is 6.10 Å². The van der Waals surface area contributed by atoms with Crippen molar-refractivity contribution in [3.8, 4) is 0 Å². The zero-order valence-electron chi connectivity index (χ0n) is 10.0. The van der Waals surface area contributed by atoms with Crippen molar-refractivity contribution < 1.29 is 4.74 Å². The molecule has 1 aliphatic rings. The zero-order valence-corrected chi connectivity index (χ0v) is 10.8. The molecule has 0 aliphatic carbocycles. The minimum absolute atomic E-state index is 0.326. The fourth-order valence-corrected chi connectivity index (χ4v) is 2.89. The number of thioether (sulfide) groups is 1. The topological polar surface area (TPSA) is 12.5 Å². The fourth-order valence-electron chi connectivity index (χ4n) is 1.62. The molecule has 0 unspecified atom stereocenters. The highest BCUT2D eigenvalue weighted by atomic mass is 32.2. The second-order valence-electron chi connectivity index (χ2n) is 4.49. The van der Waals surface area contributed by atoms with Crippen molar-refractivity contribution in [2.75, 3.05) is 0 Å². The van der Waals surface area contributed by atoms with Crippen LogP contribution in [0.3, 0.4) is 0 Å². The van der Waals surface area contributed by atoms with Crippen molar-refractivity contribution in [1.82, 2.24) is 0 Å². The normalized spacial score (nSPS) is 24.9. The molecular formula is C14H18OS. The van der Waals surface area contributed by atoms with Gasteiger partial charge >= 0.3 is 0 Å². The Hall–Kier alpha value is -0.730. The maximum Gasteiger partial charge on any atom is 0.115 e. The predicted octanol–water partition coefficient (Wildman–Crippen LogP) is 4.11. The molecule has 0 amide bonds. The van der Waals surface area contributed by atoms with E-state index >= 15 is 0 Å². The maximum atomic E-state index is 5.56. The van der Waals surface area contributed by atoms with Gasteiger partial charge in [0.25, 0.3) is 0 Å². The summed E-state index contributed by atoms with van der Waals surface area (Å²) >= 11 is 1.83. The summed E-state index contributed by atoms with van der Waals surface area (Å²) in [6.07, 6.45) is 3.03. The first-order valence-electron chi connectivity index (χ1n) is 5.77. The molecule has 86 valence electrons. The Morgan fingerprint density at radius 3 is 2.44 bits per heavy atom. The number of hydrogen-bond donors (Lipinski definition) is 0. The summed E-state index contributed by atoms with van der Waals surface area (Å²) in [6.45, 7) is 6.54. The van der Waals surface area contributed by atoms with E-state index in [-0.39, 0.29) is 0 Å². The summed E-state index contributed by atoms with van der Waals surface area (Å²) in [5, 5.41) is 0. The lowest BCUT2D eigenvalue weighted by atomic mass is 10.2. The molecule has 1 nitrogen and oxygen atoms in total. The SMILES string of the molecule is CC(C)/C=C(/Sc1ccccc1)[C@@H]1O[C@H]1C. The van der Waals surface area contributed by atoms with Gasteiger partial charge in [-0.25, -0.2) is 0 Å². The van der Waals surface area contributed by atoms with Gasteiger partial charge < -0.3 is 4.74 Å². The Kier molecular flexibility index (Phi) is 3.72. The Morgan fingerprint density at radius 2 is 1.94 bits per heavy atom. The van der Waals surface area contributed by atoms with Crippen molar-refractivity contribution in [1.29, 1.82) is 0 Å². The van der Waals surface area contributed by atoms with E-state index in [0.717, 1.165) is 0 Å². The van der Waals surface area contributed by atoms with Gasteiger partial charge in [0.1, 0.15) is 6.10 Å². The average molecular weight is 234 g/mol. The Bertz CT molecular complexity index is 370. The van der Waals surface area contributed by atoms with Crippen molar-refractivity contribution in [3.63, 3.8) is 0 Å². The maximum absolute atomic E-state index is 5.56. The fraction of sp³-hybridized carbons (Fsp3) is 0.429. The van der Waals surface area contributed by atoms with E-state index in [1.165, 1.54) is 9.80 Å². The summed E-state index contributed by atoms with van der Waals surface area (Å²) in [6, 6.07) is 10.5. The monoisotopic (exact) mass is 234 g/mol. The first-order valence-corrected chi connectivity index (χ1v) is 6.58. The molecule has 2 rings (SSSR count). The summed E-state index contributed by atoms with van der Waals surface area (Å²) in [4.78, 5) is 2.64. The zero-order chi connectivity index (χ0) is 11.5. The number of benzene rings is 1. The van der Waals surface area contributed by atoms with Gasteiger partial charge in [-0.05, 0) is 25.0 Å². The number of rotatable bonds is 4. The minimum Gasteiger partial charge on any atom is -0.364 e. The molecule has 0 N–H and O–H groups in total. The molecule has 0 spiro atoms. The summed E-state index contributed by atoms with van der Waals surface area (Å²) < 4.78 is 5.56. The molecular weight excluding hydrogens is 216 g/mol. The second kappa shape index (κ2) is 5.07. The van der Waals surface area contributed by atoms with Gasteiger partial charge in [0, 0.05) is 9.80 Å². The molecule has 0 aromatic heterocycles. The van der Waals surface area contributed by atoms with Gasteiger partial charge in [-0.2, -0.15) is 0 Å². The van der Waals surface area contributed by atoms with E-state index in [1.807, 2.05) is 17.8 Å². The highest BCUT2D eigenvalue weighted by Crippen LogP contribution is 2.39. The lowest BCUT2D eigenvalue weighted by Gasteiger charge is -2.06. The van der Waals surface area contributed by atoms with Crippen molar-refractivity contribution in [2.45, 2.75) is 37.9 Å². The Balaban J connectivity index is 2.09. The van der Waals surface area contributed by atoms with Crippen molar-refractivity contribution in [3.05, 3.63) is 41.3 Å². The molecule has 1 aromatic carbocycles. The first-order chi connectivity index (χ1) is 7.66. The van der Waals surface area contributed by atoms with Crippen LogP contribution in [0.25, 0.3) is 0 Å². The summed E-state index contributed by atoms with van der Waals surface area (Å²) in [7, 11) is 0. The smallest absolute Gasteiger partial charge is 0.115 e. The number of ether oxygens (including phenoxy) is 1. The molecule has 1 aromatic rings. The molecule has 1 heterocycles. The van der Waals surface area contributed by atoms with Crippen LogP contribution in [0.5, 0.6) is 0 Å². The van der Waals surface area contributed by atoms with Gasteiger partial charge in [-0.3, -0.25) is 0 Å². The van der Waals surface area contributed by atoms with Crippen LogP contribution >= 0.6 is 11.8 Å². The van der Waals surface area contributed by atoms with Crippen LogP contribution in [0.4, 0.5) is 0 Å². The molecule has 1 saturated heterocycles. The second-order valence-corrected chi connectivity index (χ2v) is 5.64. The van der Waals surface area contributed by atoms with E-state index in [9.17, 15) is 0 Å². The van der Waals surface area contributed by atoms with Crippen LogP contribution in [0, 0.1) is 5.92 Å². The summed E-state index contributed by atoms with van der Waals surface area (Å²) in [5.74, 6) is 0.572. The molecule has 0 saturated carbocycles. The van der Waals surface area contributed by atoms with E-state index in [1.54, 1.807) is 0 Å². The van der Waals surface area contributed by atoms with Gasteiger partial charge in [0.15, 0.2) is 0 Å². The van der Waals surface area contributed by atoms with Crippen LogP contribution in [-0.2, 0) is 4.74 Å². The van der Waals surface area contributed by atoms with E-state index in [4.69, 9.17) is 4.74 Å². The van der Waals surface area contributed by atoms with Crippen LogP contribution in [0.15, 0.2) is 46.2 Å². The van der Waals surface area contributed by atoms with E-state index < -0.39 is 0 Å². The summed E-state index contributed by atoms with van der Waals surface area (Å²) in [5.41, 5.74) is 0. The van der Waals surface area contributed by atoms with Gasteiger partial charge in [-0.15, -0.1) is 0 Å². The highest BCUT2D eigenvalue weighted by molar-refractivity contribution is 8.03. The van der Waals surface area contributed by atoms with Crippen LogP contribution in [0.1, 0.15) is 20.8 Å². The lowest BCUT2D eigenvalue weighted by molar-refractivity contribution is 0.398. The van der Waals surface area contributed by atoms with E-state index in [0.29, 0.717) is 18.1 Å². The number of allylic oxidation sites excluding steroid dienone is 1. The molecule has 0 bridgehead atoms. The quantitative estimate of drug-likeness (QED) is 0.574. The third-order valence-corrected chi connectivity index (χ3v) is 3.58. The van der Waals surface area contributed by atoms with Gasteiger partial charge in [-0.1, -0.05) is 49.9 Å². The van der Waals surface area contributed by atoms with Crippen molar-refractivity contribution >= 4 is 11.8 Å². The molecule has 2 heteroatoms. The molecule has 1 aliphatic heterocycles. The molecule has 0 radical (unpaired) electrons. The third-order valence-electron chi connectivity index (χ3n) is 2.47. The predicted molar refractivity (Wildman–Crippen MR) is 69.6 cm³/mol. The third kappa shape index (κ3) is 3.13. The van der Waals surface area contributed by atoms with Crippen molar-refractivity contribution in [2.24, 2.45) is 5.92 Å². The molecule has 2 atom stereocenters. The lowest BCUT2D eigenvalue weighted by Crippen LogP contribution is -1.95.